The van der Waals surface area contributed by atoms with Crippen molar-refractivity contribution in [2.45, 2.75) is 0 Å². The third-order valence-corrected chi connectivity index (χ3v) is 2.63. The third-order valence-electron chi connectivity index (χ3n) is 2.63. The zero-order valence-electron chi connectivity index (χ0n) is 9.93. The van der Waals surface area contributed by atoms with E-state index < -0.39 is 11.9 Å². The summed E-state index contributed by atoms with van der Waals surface area (Å²) in [7, 11) is 2.94. The molecule has 0 aliphatic carbocycles. The van der Waals surface area contributed by atoms with Gasteiger partial charge in [0, 0.05) is 7.05 Å². The Morgan fingerprint density at radius 3 is 2.67 bits per heavy atom. The van der Waals surface area contributed by atoms with E-state index in [4.69, 9.17) is 4.74 Å². The number of hydrogen-bond donors (Lipinski definition) is 2. The van der Waals surface area contributed by atoms with Crippen molar-refractivity contribution >= 4 is 18.0 Å². The summed E-state index contributed by atoms with van der Waals surface area (Å²) < 4.78 is 4.96. The van der Waals surface area contributed by atoms with Crippen LogP contribution in [0, 0.1) is 0 Å². The van der Waals surface area contributed by atoms with Crippen molar-refractivity contribution < 1.29 is 19.4 Å². The van der Waals surface area contributed by atoms with Crippen molar-refractivity contribution in [1.82, 2.24) is 10.2 Å². The van der Waals surface area contributed by atoms with Crippen LogP contribution in [-0.4, -0.2) is 36.1 Å². The number of carbonyl (C=O) groups is 2. The van der Waals surface area contributed by atoms with Gasteiger partial charge in [0.1, 0.15) is 5.70 Å². The van der Waals surface area contributed by atoms with E-state index in [-0.39, 0.29) is 11.4 Å². The summed E-state index contributed by atoms with van der Waals surface area (Å²) >= 11 is 0. The quantitative estimate of drug-likeness (QED) is 0.602. The molecule has 0 bridgehead atoms. The van der Waals surface area contributed by atoms with Crippen LogP contribution in [0.25, 0.3) is 6.08 Å². The zero-order chi connectivity index (χ0) is 13.3. The number of amides is 3. The molecule has 1 aromatic carbocycles. The van der Waals surface area contributed by atoms with E-state index in [0.29, 0.717) is 11.3 Å². The standard InChI is InChI=1S/C12H12N2O4/c1-14-8(11(16)13-12(14)17)5-7-3-4-9(15)10(6-7)18-2/h3-6,15H,1-2H3,(H,13,16,17)/b8-5-. The average molecular weight is 248 g/mol. The van der Waals surface area contributed by atoms with Crippen molar-refractivity contribution in [2.75, 3.05) is 14.2 Å². The van der Waals surface area contributed by atoms with E-state index >= 15 is 0 Å². The third kappa shape index (κ3) is 2.00. The summed E-state index contributed by atoms with van der Waals surface area (Å²) in [5.74, 6) is -0.133. The van der Waals surface area contributed by atoms with Gasteiger partial charge in [0.25, 0.3) is 5.91 Å². The molecule has 1 aliphatic rings. The largest absolute Gasteiger partial charge is 0.504 e. The fourth-order valence-electron chi connectivity index (χ4n) is 1.61. The number of imide groups is 1. The highest BCUT2D eigenvalue weighted by atomic mass is 16.5. The molecule has 3 amide bonds. The number of phenols is 1. The predicted octanol–water partition coefficient (Wildman–Crippen LogP) is 0.923. The second-order valence-corrected chi connectivity index (χ2v) is 3.78. The first-order valence-corrected chi connectivity index (χ1v) is 5.20. The first kappa shape index (κ1) is 12.0. The van der Waals surface area contributed by atoms with E-state index in [0.717, 1.165) is 0 Å². The highest BCUT2D eigenvalue weighted by molar-refractivity contribution is 6.13. The van der Waals surface area contributed by atoms with E-state index in [1.807, 2.05) is 0 Å². The van der Waals surface area contributed by atoms with Crippen LogP contribution in [-0.2, 0) is 4.79 Å². The molecule has 1 fully saturated rings. The molecule has 0 radical (unpaired) electrons. The van der Waals surface area contributed by atoms with Crippen molar-refractivity contribution in [2.24, 2.45) is 0 Å². The molecule has 1 aliphatic heterocycles. The molecule has 0 spiro atoms. The first-order valence-electron chi connectivity index (χ1n) is 5.20. The highest BCUT2D eigenvalue weighted by Gasteiger charge is 2.29. The van der Waals surface area contributed by atoms with Crippen molar-refractivity contribution in [1.29, 1.82) is 0 Å². The van der Waals surface area contributed by atoms with Crippen LogP contribution in [0.2, 0.25) is 0 Å². The van der Waals surface area contributed by atoms with Crippen LogP contribution in [0.5, 0.6) is 11.5 Å². The van der Waals surface area contributed by atoms with Crippen molar-refractivity contribution in [3.63, 3.8) is 0 Å². The number of benzene rings is 1. The number of carbonyl (C=O) groups excluding carboxylic acids is 2. The number of rotatable bonds is 2. The molecular weight excluding hydrogens is 236 g/mol. The Balaban J connectivity index is 2.39. The maximum absolute atomic E-state index is 11.5. The van der Waals surface area contributed by atoms with Gasteiger partial charge in [-0.1, -0.05) is 6.07 Å². The van der Waals surface area contributed by atoms with Crippen LogP contribution >= 0.6 is 0 Å². The Hall–Kier alpha value is -2.50. The minimum Gasteiger partial charge on any atom is -0.504 e. The number of urea groups is 1. The smallest absolute Gasteiger partial charge is 0.328 e. The number of methoxy groups -OCH3 is 1. The number of ether oxygens (including phenoxy) is 1. The molecule has 1 heterocycles. The fraction of sp³-hybridized carbons (Fsp3) is 0.167. The SMILES string of the molecule is COc1cc(/C=C2/C(=O)NC(=O)N2C)ccc1O. The molecule has 18 heavy (non-hydrogen) atoms. The average Bonchev–Trinajstić information content (AvgIpc) is 2.58. The van der Waals surface area contributed by atoms with Gasteiger partial charge in [-0.3, -0.25) is 15.0 Å². The van der Waals surface area contributed by atoms with E-state index in [2.05, 4.69) is 5.32 Å². The monoisotopic (exact) mass is 248 g/mol. The van der Waals surface area contributed by atoms with Gasteiger partial charge in [-0.15, -0.1) is 0 Å². The second kappa shape index (κ2) is 4.40. The van der Waals surface area contributed by atoms with Crippen molar-refractivity contribution in [3.8, 4) is 11.5 Å². The zero-order valence-corrected chi connectivity index (χ0v) is 9.93. The lowest BCUT2D eigenvalue weighted by atomic mass is 10.1. The molecule has 2 N–H and O–H groups in total. The van der Waals surface area contributed by atoms with E-state index in [1.54, 1.807) is 18.2 Å². The Bertz CT molecular complexity index is 551. The lowest BCUT2D eigenvalue weighted by molar-refractivity contribution is -0.115. The van der Waals surface area contributed by atoms with Gasteiger partial charge in [0.2, 0.25) is 0 Å². The van der Waals surface area contributed by atoms with Crippen LogP contribution < -0.4 is 10.1 Å². The molecular formula is C12H12N2O4. The van der Waals surface area contributed by atoms with Gasteiger partial charge in [-0.2, -0.15) is 0 Å². The van der Waals surface area contributed by atoms with E-state index in [1.165, 1.54) is 25.1 Å². The summed E-state index contributed by atoms with van der Waals surface area (Å²) in [6, 6.07) is 4.19. The molecule has 0 unspecified atom stereocenters. The van der Waals surface area contributed by atoms with Gasteiger partial charge in [-0.25, -0.2) is 4.79 Å². The minimum atomic E-state index is -0.461. The number of phenolic OH excluding ortho intramolecular Hbond substituents is 1. The molecule has 2 rings (SSSR count). The fourth-order valence-corrected chi connectivity index (χ4v) is 1.61. The van der Waals surface area contributed by atoms with Gasteiger partial charge >= 0.3 is 6.03 Å². The molecule has 6 heteroatoms. The number of nitrogens with zero attached hydrogens (tertiary/aromatic N) is 1. The topological polar surface area (TPSA) is 78.9 Å². The Morgan fingerprint density at radius 2 is 2.11 bits per heavy atom. The molecule has 0 atom stereocenters. The lowest BCUT2D eigenvalue weighted by Crippen LogP contribution is -2.24. The molecule has 0 saturated carbocycles. The predicted molar refractivity (Wildman–Crippen MR) is 63.9 cm³/mol. The normalized spacial score (nSPS) is 17.2. The maximum Gasteiger partial charge on any atom is 0.328 e. The second-order valence-electron chi connectivity index (χ2n) is 3.78. The number of aromatic hydroxyl groups is 1. The van der Waals surface area contributed by atoms with Crippen LogP contribution in [0.1, 0.15) is 5.56 Å². The Kier molecular flexibility index (Phi) is 2.93. The highest BCUT2D eigenvalue weighted by Crippen LogP contribution is 2.27. The number of likely N-dealkylation sites (N-methyl/N-ethyl adjacent to an activating group) is 1. The number of hydrogen-bond acceptors (Lipinski definition) is 4. The van der Waals surface area contributed by atoms with Crippen LogP contribution in [0.4, 0.5) is 4.79 Å². The molecule has 94 valence electrons. The Morgan fingerprint density at radius 1 is 1.39 bits per heavy atom. The molecule has 6 nitrogen and oxygen atoms in total. The summed E-state index contributed by atoms with van der Waals surface area (Å²) in [6.07, 6.45) is 1.54. The maximum atomic E-state index is 11.5. The van der Waals surface area contributed by atoms with Crippen molar-refractivity contribution in [3.05, 3.63) is 29.5 Å². The number of nitrogens with one attached hydrogen (secondary N) is 1. The summed E-state index contributed by atoms with van der Waals surface area (Å²) in [6.45, 7) is 0. The van der Waals surface area contributed by atoms with Gasteiger partial charge in [-0.05, 0) is 23.8 Å². The van der Waals surface area contributed by atoms with Gasteiger partial charge in [0.15, 0.2) is 11.5 Å². The lowest BCUT2D eigenvalue weighted by Gasteiger charge is -2.08. The van der Waals surface area contributed by atoms with Crippen LogP contribution in [0.3, 0.4) is 0 Å². The summed E-state index contributed by atoms with van der Waals surface area (Å²) in [5, 5.41) is 11.6. The minimum absolute atomic E-state index is 0.0138. The van der Waals surface area contributed by atoms with Gasteiger partial charge in [0.05, 0.1) is 7.11 Å². The van der Waals surface area contributed by atoms with Crippen LogP contribution in [0.15, 0.2) is 23.9 Å². The molecule has 1 saturated heterocycles. The summed E-state index contributed by atoms with van der Waals surface area (Å²) in [5.41, 5.74) is 0.893. The van der Waals surface area contributed by atoms with Gasteiger partial charge < -0.3 is 9.84 Å². The van der Waals surface area contributed by atoms with E-state index in [9.17, 15) is 14.7 Å². The molecule has 0 aromatic heterocycles. The molecule has 1 aromatic rings. The first-order chi connectivity index (χ1) is 8.52. The summed E-state index contributed by atoms with van der Waals surface area (Å²) in [4.78, 5) is 24.0. The Labute approximate surface area is 103 Å².